The summed E-state index contributed by atoms with van der Waals surface area (Å²) in [5.74, 6) is -1.41. The number of benzene rings is 2. The van der Waals surface area contributed by atoms with Crippen LogP contribution in [0.4, 0.5) is 0 Å². The van der Waals surface area contributed by atoms with Gasteiger partial charge in [0.1, 0.15) is 12.3 Å². The lowest BCUT2D eigenvalue weighted by atomic mass is 10.0. The van der Waals surface area contributed by atoms with Crippen molar-refractivity contribution in [1.82, 2.24) is 0 Å². The number of para-hydroxylation sites is 1. The molecule has 1 heterocycles. The zero-order valence-corrected chi connectivity index (χ0v) is 18.3. The monoisotopic (exact) mass is 451 g/mol. The highest BCUT2D eigenvalue weighted by Gasteiger charge is 2.22. The first-order chi connectivity index (χ1) is 14.0. The van der Waals surface area contributed by atoms with Gasteiger partial charge in [-0.05, 0) is 24.6 Å². The van der Waals surface area contributed by atoms with Crippen molar-refractivity contribution in [3.8, 4) is 5.75 Å². The first kappa shape index (κ1) is 22.2. The molecule has 3 rings (SSSR count). The molecular formula is C20H22NO7PS. The minimum Gasteiger partial charge on any atom is -0.545 e. The van der Waals surface area contributed by atoms with Gasteiger partial charge in [-0.15, -0.1) is 0 Å². The van der Waals surface area contributed by atoms with Crippen molar-refractivity contribution in [3.63, 3.8) is 0 Å². The Bertz CT molecular complexity index is 1280. The molecule has 0 aliphatic heterocycles. The zero-order valence-electron chi connectivity index (χ0n) is 16.6. The van der Waals surface area contributed by atoms with Gasteiger partial charge in [-0.2, -0.15) is 13.0 Å². The molecule has 0 aliphatic carbocycles. The molecule has 3 aromatic rings. The number of carboxylic acid groups (broad SMARTS) is 1. The largest absolute Gasteiger partial charge is 0.545 e. The number of carboxylic acids is 1. The highest BCUT2D eigenvalue weighted by atomic mass is 32.2. The van der Waals surface area contributed by atoms with Crippen LogP contribution in [0.15, 0.2) is 42.5 Å². The first-order valence-corrected chi connectivity index (χ1v) is 13.4. The highest BCUT2D eigenvalue weighted by Crippen LogP contribution is 2.40. The summed E-state index contributed by atoms with van der Waals surface area (Å²) in [5, 5.41) is 12.8. The van der Waals surface area contributed by atoms with Gasteiger partial charge in [-0.25, -0.2) is 0 Å². The van der Waals surface area contributed by atoms with E-state index >= 15 is 0 Å². The maximum Gasteiger partial charge on any atom is 0.264 e. The summed E-state index contributed by atoms with van der Waals surface area (Å²) in [6, 6.07) is 11.8. The first-order valence-electron chi connectivity index (χ1n) is 9.26. The lowest BCUT2D eigenvalue weighted by Gasteiger charge is -2.15. The summed E-state index contributed by atoms with van der Waals surface area (Å²) >= 11 is 0. The Morgan fingerprint density at radius 2 is 1.77 bits per heavy atom. The normalized spacial score (nSPS) is 12.4. The fourth-order valence-electron chi connectivity index (χ4n) is 3.47. The Labute approximate surface area is 174 Å². The maximum absolute atomic E-state index is 12.0. The second kappa shape index (κ2) is 8.34. The third-order valence-corrected chi connectivity index (χ3v) is 6.01. The Morgan fingerprint density at radius 3 is 2.40 bits per heavy atom. The fraction of sp³-hybridized carbons (Fsp3) is 0.300. The number of aryl methyl sites for hydroxylation is 1. The number of aromatic carboxylic acids is 1. The molecule has 0 atom stereocenters. The van der Waals surface area contributed by atoms with E-state index < -0.39 is 23.5 Å². The summed E-state index contributed by atoms with van der Waals surface area (Å²) in [4.78, 5) is 12.0. The highest BCUT2D eigenvalue weighted by molar-refractivity contribution is 7.85. The molecule has 1 N–H and O–H groups in total. The number of aromatic nitrogens is 1. The van der Waals surface area contributed by atoms with Gasteiger partial charge in [0.25, 0.3) is 10.1 Å². The Hall–Kier alpha value is -2.48. The molecule has 2 aromatic carbocycles. The second-order valence-corrected chi connectivity index (χ2v) is 11.6. The van der Waals surface area contributed by atoms with Crippen molar-refractivity contribution in [3.05, 3.63) is 48.0 Å². The number of pyridine rings is 1. The summed E-state index contributed by atoms with van der Waals surface area (Å²) in [6.07, 6.45) is 0.700. The number of hydrogen-bond acceptors (Lipinski definition) is 6. The van der Waals surface area contributed by atoms with Crippen LogP contribution >= 0.6 is 7.37 Å². The quantitative estimate of drug-likeness (QED) is 0.183. The molecule has 0 fully saturated rings. The molecule has 0 unspecified atom stereocenters. The van der Waals surface area contributed by atoms with Crippen molar-refractivity contribution in [2.45, 2.75) is 19.4 Å². The fourth-order valence-corrected chi connectivity index (χ4v) is 4.66. The summed E-state index contributed by atoms with van der Waals surface area (Å²) in [6.45, 7) is 3.33. The molecule has 0 spiro atoms. The van der Waals surface area contributed by atoms with E-state index in [-0.39, 0.29) is 23.5 Å². The predicted octanol–water partition coefficient (Wildman–Crippen LogP) is 2.23. The number of carbonyl (C=O) groups is 1. The van der Waals surface area contributed by atoms with E-state index in [0.29, 0.717) is 34.8 Å². The van der Waals surface area contributed by atoms with E-state index in [4.69, 9.17) is 9.08 Å². The van der Waals surface area contributed by atoms with E-state index in [9.17, 15) is 22.9 Å². The number of fused-ring (bicyclic) bond motifs is 2. The van der Waals surface area contributed by atoms with Gasteiger partial charge in [0.05, 0.1) is 22.5 Å². The van der Waals surface area contributed by atoms with Gasteiger partial charge < -0.3 is 14.4 Å². The van der Waals surface area contributed by atoms with Gasteiger partial charge in [-0.3, -0.25) is 9.12 Å². The molecule has 0 amide bonds. The lowest BCUT2D eigenvalue weighted by molar-refractivity contribution is -0.645. The van der Waals surface area contributed by atoms with Crippen LogP contribution in [0.2, 0.25) is 0 Å². The van der Waals surface area contributed by atoms with Gasteiger partial charge >= 0.3 is 0 Å². The van der Waals surface area contributed by atoms with Crippen LogP contribution < -0.4 is 14.2 Å². The molecule has 10 heteroatoms. The van der Waals surface area contributed by atoms with Gasteiger partial charge in [0.15, 0.2) is 0 Å². The molecule has 8 nitrogen and oxygen atoms in total. The minimum absolute atomic E-state index is 0.00211. The van der Waals surface area contributed by atoms with Crippen LogP contribution in [-0.2, 0) is 21.2 Å². The SMILES string of the molecule is CP(C)(=O)Oc1ccc2c(c1)c(C(=O)[O-])c1ccccc1[n+]2CCCCS(=O)(=O)O. The standard InChI is InChI=1S/C20H22NO7PS/c1-29(2,24)28-14-9-10-18-16(13-14)19(20(22)23)15-7-3-4-8-17(15)21(18)11-5-6-12-30(25,26)27/h3-4,7-10,13H,5-6,11-12H2,1-2H3,(H-,22,23,25,26,27). The van der Waals surface area contributed by atoms with Crippen molar-refractivity contribution in [2.75, 3.05) is 19.1 Å². The molecule has 0 saturated carbocycles. The Balaban J connectivity index is 2.19. The summed E-state index contributed by atoms with van der Waals surface area (Å²) in [7, 11) is -6.90. The average Bonchev–Trinajstić information content (AvgIpc) is 2.61. The molecule has 0 radical (unpaired) electrons. The zero-order chi connectivity index (χ0) is 22.1. The predicted molar refractivity (Wildman–Crippen MR) is 112 cm³/mol. The van der Waals surface area contributed by atoms with Crippen LogP contribution in [0.5, 0.6) is 5.75 Å². The smallest absolute Gasteiger partial charge is 0.264 e. The van der Waals surface area contributed by atoms with E-state index in [2.05, 4.69) is 0 Å². The van der Waals surface area contributed by atoms with Crippen LogP contribution in [0.3, 0.4) is 0 Å². The van der Waals surface area contributed by atoms with Gasteiger partial charge in [-0.1, -0.05) is 12.1 Å². The Morgan fingerprint density at radius 1 is 1.10 bits per heavy atom. The van der Waals surface area contributed by atoms with Crippen molar-refractivity contribution in [2.24, 2.45) is 0 Å². The van der Waals surface area contributed by atoms with E-state index in [1.54, 1.807) is 36.4 Å². The number of unbranched alkanes of at least 4 members (excludes halogenated alkanes) is 1. The van der Waals surface area contributed by atoms with Crippen molar-refractivity contribution in [1.29, 1.82) is 0 Å². The van der Waals surface area contributed by atoms with Crippen molar-refractivity contribution < 1.29 is 36.5 Å². The van der Waals surface area contributed by atoms with Gasteiger partial charge in [0.2, 0.25) is 18.4 Å². The second-order valence-electron chi connectivity index (χ2n) is 7.35. The summed E-state index contributed by atoms with van der Waals surface area (Å²) < 4.78 is 50.3. The van der Waals surface area contributed by atoms with Crippen LogP contribution in [0.1, 0.15) is 23.2 Å². The molecule has 160 valence electrons. The molecule has 0 saturated heterocycles. The molecule has 0 aliphatic rings. The van der Waals surface area contributed by atoms with E-state index in [0.717, 1.165) is 0 Å². The third kappa shape index (κ3) is 5.16. The van der Waals surface area contributed by atoms with Crippen LogP contribution in [-0.4, -0.2) is 38.0 Å². The van der Waals surface area contributed by atoms with E-state index in [1.807, 2.05) is 4.57 Å². The molecule has 0 bridgehead atoms. The number of hydrogen-bond donors (Lipinski definition) is 1. The van der Waals surface area contributed by atoms with Crippen LogP contribution in [0.25, 0.3) is 21.8 Å². The topological polar surface area (TPSA) is 125 Å². The lowest BCUT2D eigenvalue weighted by Crippen LogP contribution is -2.37. The average molecular weight is 451 g/mol. The number of nitrogens with zero attached hydrogens (tertiary/aromatic N) is 1. The Kier molecular flexibility index (Phi) is 6.17. The minimum atomic E-state index is -4.04. The van der Waals surface area contributed by atoms with E-state index in [1.165, 1.54) is 19.4 Å². The third-order valence-electron chi connectivity index (χ3n) is 4.56. The number of carbonyl (C=O) groups excluding carboxylic acids is 1. The maximum atomic E-state index is 12.0. The molecule has 30 heavy (non-hydrogen) atoms. The van der Waals surface area contributed by atoms with Gasteiger partial charge in [0, 0.05) is 37.4 Å². The number of rotatable bonds is 8. The van der Waals surface area contributed by atoms with Crippen LogP contribution in [0, 0.1) is 0 Å². The summed E-state index contributed by atoms with van der Waals surface area (Å²) in [5.41, 5.74) is 1.25. The molecule has 1 aromatic heterocycles. The molecular weight excluding hydrogens is 429 g/mol. The van der Waals surface area contributed by atoms with Crippen molar-refractivity contribution >= 4 is 45.3 Å².